The Hall–Kier alpha value is -6.37. The van der Waals surface area contributed by atoms with Crippen molar-refractivity contribution >= 4 is 31.6 Å². The van der Waals surface area contributed by atoms with Gasteiger partial charge in [0.1, 0.15) is 0 Å². The molecule has 6 aromatic carbocycles. The standard InChI is InChI=1S/C43H27N5S/c1-4-14-28(15-5-1)31-20-12-22-33(26-31)42-46-41(30-18-8-3-9-19-30)47-43(48-42)34-23-13-21-32(27-34)37-39-38(35-24-10-11-25-36(35)49-39)45-40(44-37)29-16-6-2-7-17-29/h1-27H. The molecule has 0 amide bonds. The van der Waals surface area contributed by atoms with E-state index in [2.05, 4.69) is 109 Å². The van der Waals surface area contributed by atoms with E-state index in [1.807, 2.05) is 54.6 Å². The summed E-state index contributed by atoms with van der Waals surface area (Å²) >= 11 is 1.72. The van der Waals surface area contributed by atoms with Crippen LogP contribution in [0.5, 0.6) is 0 Å². The Morgan fingerprint density at radius 3 is 1.41 bits per heavy atom. The van der Waals surface area contributed by atoms with Crippen molar-refractivity contribution in [1.82, 2.24) is 24.9 Å². The molecular formula is C43H27N5S. The molecule has 0 N–H and O–H groups in total. The van der Waals surface area contributed by atoms with E-state index in [1.165, 1.54) is 4.70 Å². The molecule has 9 rings (SSSR count). The number of thiophene rings is 1. The number of aromatic nitrogens is 5. The quantitative estimate of drug-likeness (QED) is 0.180. The maximum Gasteiger partial charge on any atom is 0.164 e. The lowest BCUT2D eigenvalue weighted by Crippen LogP contribution is -2.00. The molecule has 9 aromatic rings. The zero-order valence-electron chi connectivity index (χ0n) is 26.2. The summed E-state index contributed by atoms with van der Waals surface area (Å²) in [5.74, 6) is 2.54. The minimum atomic E-state index is 0.598. The van der Waals surface area contributed by atoms with E-state index in [-0.39, 0.29) is 0 Å². The molecule has 3 aromatic heterocycles. The number of benzene rings is 6. The number of hydrogen-bond acceptors (Lipinski definition) is 6. The van der Waals surface area contributed by atoms with Gasteiger partial charge in [-0.05, 0) is 29.3 Å². The van der Waals surface area contributed by atoms with Gasteiger partial charge in [0.2, 0.25) is 0 Å². The van der Waals surface area contributed by atoms with Gasteiger partial charge in [0.25, 0.3) is 0 Å². The van der Waals surface area contributed by atoms with Crippen LogP contribution in [0.2, 0.25) is 0 Å². The normalized spacial score (nSPS) is 11.3. The summed E-state index contributed by atoms with van der Waals surface area (Å²) in [6.07, 6.45) is 0. The Kier molecular flexibility index (Phi) is 7.26. The van der Waals surface area contributed by atoms with Crippen LogP contribution >= 0.6 is 11.3 Å². The van der Waals surface area contributed by atoms with E-state index in [0.717, 1.165) is 60.2 Å². The molecule has 0 atom stereocenters. The largest absolute Gasteiger partial charge is 0.226 e. The maximum absolute atomic E-state index is 5.19. The molecular weight excluding hydrogens is 619 g/mol. The molecule has 49 heavy (non-hydrogen) atoms. The van der Waals surface area contributed by atoms with Gasteiger partial charge < -0.3 is 0 Å². The third kappa shape index (κ3) is 5.54. The predicted octanol–water partition coefficient (Wildman–Crippen LogP) is 11.0. The van der Waals surface area contributed by atoms with Gasteiger partial charge in [0, 0.05) is 37.9 Å². The molecule has 0 radical (unpaired) electrons. The summed E-state index contributed by atoms with van der Waals surface area (Å²) in [4.78, 5) is 25.4. The average Bonchev–Trinajstić information content (AvgIpc) is 3.57. The third-order valence-corrected chi connectivity index (χ3v) is 9.71. The van der Waals surface area contributed by atoms with Crippen LogP contribution in [0.1, 0.15) is 0 Å². The van der Waals surface area contributed by atoms with Crippen LogP contribution in [0.3, 0.4) is 0 Å². The predicted molar refractivity (Wildman–Crippen MR) is 201 cm³/mol. The first-order chi connectivity index (χ1) is 24.3. The Morgan fingerprint density at radius 1 is 0.327 bits per heavy atom. The Morgan fingerprint density at radius 2 is 0.776 bits per heavy atom. The third-order valence-electron chi connectivity index (χ3n) is 8.54. The summed E-state index contributed by atoms with van der Waals surface area (Å²) in [7, 11) is 0. The highest BCUT2D eigenvalue weighted by Crippen LogP contribution is 2.40. The molecule has 6 heteroatoms. The van der Waals surface area contributed by atoms with E-state index in [0.29, 0.717) is 23.3 Å². The van der Waals surface area contributed by atoms with Crippen molar-refractivity contribution in [2.24, 2.45) is 0 Å². The van der Waals surface area contributed by atoms with Crippen LogP contribution in [0.4, 0.5) is 0 Å². The lowest BCUT2D eigenvalue weighted by molar-refractivity contribution is 1.07. The second kappa shape index (κ2) is 12.3. The van der Waals surface area contributed by atoms with Crippen molar-refractivity contribution in [3.8, 4) is 67.9 Å². The summed E-state index contributed by atoms with van der Waals surface area (Å²) in [5, 5.41) is 1.13. The topological polar surface area (TPSA) is 64.5 Å². The number of rotatable bonds is 6. The van der Waals surface area contributed by atoms with Crippen LogP contribution in [-0.2, 0) is 0 Å². The average molecular weight is 646 g/mol. The van der Waals surface area contributed by atoms with Crippen molar-refractivity contribution in [3.05, 3.63) is 164 Å². The van der Waals surface area contributed by atoms with E-state index in [1.54, 1.807) is 11.3 Å². The van der Waals surface area contributed by atoms with Crippen molar-refractivity contribution in [1.29, 1.82) is 0 Å². The van der Waals surface area contributed by atoms with E-state index < -0.39 is 0 Å². The fraction of sp³-hybridized carbons (Fsp3) is 0. The van der Waals surface area contributed by atoms with Gasteiger partial charge in [-0.25, -0.2) is 24.9 Å². The van der Waals surface area contributed by atoms with Crippen LogP contribution in [0, 0.1) is 0 Å². The van der Waals surface area contributed by atoms with Gasteiger partial charge in [-0.2, -0.15) is 0 Å². The molecule has 3 heterocycles. The molecule has 230 valence electrons. The first-order valence-electron chi connectivity index (χ1n) is 16.1. The molecule has 0 aliphatic rings. The van der Waals surface area contributed by atoms with Gasteiger partial charge in [-0.15, -0.1) is 11.3 Å². The molecule has 0 aliphatic carbocycles. The highest BCUT2D eigenvalue weighted by Gasteiger charge is 2.18. The lowest BCUT2D eigenvalue weighted by atomic mass is 10.0. The van der Waals surface area contributed by atoms with Crippen molar-refractivity contribution in [2.45, 2.75) is 0 Å². The molecule has 0 unspecified atom stereocenters. The molecule has 0 saturated heterocycles. The monoisotopic (exact) mass is 645 g/mol. The Balaban J connectivity index is 1.22. The first-order valence-corrected chi connectivity index (χ1v) is 16.9. The number of fused-ring (bicyclic) bond motifs is 3. The zero-order chi connectivity index (χ0) is 32.6. The molecule has 0 fully saturated rings. The van der Waals surface area contributed by atoms with Gasteiger partial charge in [-0.3, -0.25) is 0 Å². The minimum Gasteiger partial charge on any atom is -0.226 e. The Labute approximate surface area is 287 Å². The molecule has 0 bridgehead atoms. The van der Waals surface area contributed by atoms with Gasteiger partial charge in [0.15, 0.2) is 23.3 Å². The molecule has 0 spiro atoms. The van der Waals surface area contributed by atoms with E-state index in [4.69, 9.17) is 24.9 Å². The minimum absolute atomic E-state index is 0.598. The van der Waals surface area contributed by atoms with Crippen molar-refractivity contribution < 1.29 is 0 Å². The van der Waals surface area contributed by atoms with Gasteiger partial charge >= 0.3 is 0 Å². The lowest BCUT2D eigenvalue weighted by Gasteiger charge is -2.11. The molecule has 5 nitrogen and oxygen atoms in total. The fourth-order valence-corrected chi connectivity index (χ4v) is 7.28. The fourth-order valence-electron chi connectivity index (χ4n) is 6.13. The van der Waals surface area contributed by atoms with Crippen molar-refractivity contribution in [2.75, 3.05) is 0 Å². The van der Waals surface area contributed by atoms with Crippen LogP contribution in [0.25, 0.3) is 88.2 Å². The SMILES string of the molecule is c1ccc(-c2cccc(-c3nc(-c4ccccc4)nc(-c4cccc(-c5nc(-c6ccccc6)nc6c5sc5ccccc56)c4)n3)c2)cc1. The summed E-state index contributed by atoms with van der Waals surface area (Å²) in [5.41, 5.74) is 8.78. The smallest absolute Gasteiger partial charge is 0.164 e. The van der Waals surface area contributed by atoms with Crippen LogP contribution < -0.4 is 0 Å². The number of nitrogens with zero attached hydrogens (tertiary/aromatic N) is 5. The molecule has 0 saturated carbocycles. The Bertz CT molecular complexity index is 2600. The summed E-state index contributed by atoms with van der Waals surface area (Å²) in [6.45, 7) is 0. The number of hydrogen-bond donors (Lipinski definition) is 0. The first kappa shape index (κ1) is 28.8. The summed E-state index contributed by atoms with van der Waals surface area (Å²) < 4.78 is 2.24. The van der Waals surface area contributed by atoms with E-state index in [9.17, 15) is 0 Å². The second-order valence-electron chi connectivity index (χ2n) is 11.7. The highest BCUT2D eigenvalue weighted by atomic mass is 32.1. The summed E-state index contributed by atoms with van der Waals surface area (Å²) in [6, 6.07) is 55.7. The highest BCUT2D eigenvalue weighted by molar-refractivity contribution is 7.26. The maximum atomic E-state index is 5.19. The van der Waals surface area contributed by atoms with E-state index >= 15 is 0 Å². The van der Waals surface area contributed by atoms with Crippen molar-refractivity contribution in [3.63, 3.8) is 0 Å². The van der Waals surface area contributed by atoms with Gasteiger partial charge in [0.05, 0.1) is 15.9 Å². The van der Waals surface area contributed by atoms with Gasteiger partial charge in [-0.1, -0.05) is 146 Å². The van der Waals surface area contributed by atoms with Crippen LogP contribution in [0.15, 0.2) is 164 Å². The zero-order valence-corrected chi connectivity index (χ0v) is 27.0. The van der Waals surface area contributed by atoms with Crippen LogP contribution in [-0.4, -0.2) is 24.9 Å². The second-order valence-corrected chi connectivity index (χ2v) is 12.8. The molecule has 0 aliphatic heterocycles.